The first kappa shape index (κ1) is 14.8. The van der Waals surface area contributed by atoms with Crippen LogP contribution >= 0.6 is 11.6 Å². The molecule has 0 saturated carbocycles. The Labute approximate surface area is 142 Å². The van der Waals surface area contributed by atoms with Crippen LogP contribution in [0, 0.1) is 0 Å². The third kappa shape index (κ3) is 2.65. The third-order valence-corrected chi connectivity index (χ3v) is 4.10. The molecule has 1 saturated heterocycles. The standard InChI is InChI=1S/C15H13ClN6O2/c1-21-8-12(18-20-21)15(23)22-6-10(7-22)14-17-13(19-24-14)9-3-2-4-11(16)5-9/h2-5,8,10H,6-7H2,1H3. The van der Waals surface area contributed by atoms with Crippen LogP contribution in [-0.2, 0) is 7.05 Å². The summed E-state index contributed by atoms with van der Waals surface area (Å²) in [5.41, 5.74) is 1.13. The molecule has 0 atom stereocenters. The molecular weight excluding hydrogens is 332 g/mol. The second kappa shape index (κ2) is 5.72. The number of amides is 1. The van der Waals surface area contributed by atoms with E-state index < -0.39 is 0 Å². The predicted molar refractivity (Wildman–Crippen MR) is 84.4 cm³/mol. The first-order valence-electron chi connectivity index (χ1n) is 7.35. The Kier molecular flexibility index (Phi) is 3.53. The lowest BCUT2D eigenvalue weighted by atomic mass is 10.00. The molecule has 4 rings (SSSR count). The molecule has 9 heteroatoms. The summed E-state index contributed by atoms with van der Waals surface area (Å²) in [6.07, 6.45) is 1.60. The van der Waals surface area contributed by atoms with Gasteiger partial charge >= 0.3 is 0 Å². The molecule has 0 unspecified atom stereocenters. The molecule has 0 radical (unpaired) electrons. The van der Waals surface area contributed by atoms with Gasteiger partial charge in [-0.1, -0.05) is 34.1 Å². The van der Waals surface area contributed by atoms with Crippen LogP contribution in [0.4, 0.5) is 0 Å². The maximum absolute atomic E-state index is 12.2. The van der Waals surface area contributed by atoms with Crippen molar-refractivity contribution < 1.29 is 9.32 Å². The summed E-state index contributed by atoms with van der Waals surface area (Å²) in [7, 11) is 1.72. The molecule has 122 valence electrons. The first-order chi connectivity index (χ1) is 11.6. The molecule has 1 aliphatic rings. The van der Waals surface area contributed by atoms with Crippen molar-refractivity contribution >= 4 is 17.5 Å². The Bertz CT molecular complexity index is 899. The summed E-state index contributed by atoms with van der Waals surface area (Å²) in [4.78, 5) is 18.3. The average Bonchev–Trinajstić information content (AvgIpc) is 3.15. The van der Waals surface area contributed by atoms with Crippen molar-refractivity contribution in [2.45, 2.75) is 5.92 Å². The topological polar surface area (TPSA) is 89.9 Å². The van der Waals surface area contributed by atoms with Crippen molar-refractivity contribution in [2.75, 3.05) is 13.1 Å². The smallest absolute Gasteiger partial charge is 0.276 e. The number of likely N-dealkylation sites (tertiary alicyclic amines) is 1. The van der Waals surface area contributed by atoms with Gasteiger partial charge in [-0.3, -0.25) is 9.48 Å². The van der Waals surface area contributed by atoms with Gasteiger partial charge < -0.3 is 9.42 Å². The summed E-state index contributed by atoms with van der Waals surface area (Å²) >= 11 is 5.97. The number of hydrogen-bond donors (Lipinski definition) is 0. The van der Waals surface area contributed by atoms with Gasteiger partial charge in [-0.25, -0.2) is 0 Å². The summed E-state index contributed by atoms with van der Waals surface area (Å²) in [6, 6.07) is 7.26. The van der Waals surface area contributed by atoms with Crippen molar-refractivity contribution in [3.05, 3.63) is 47.1 Å². The zero-order valence-corrected chi connectivity index (χ0v) is 13.5. The number of carbonyl (C=O) groups is 1. The van der Waals surface area contributed by atoms with Crippen molar-refractivity contribution in [1.29, 1.82) is 0 Å². The van der Waals surface area contributed by atoms with E-state index in [0.717, 1.165) is 5.56 Å². The fourth-order valence-corrected chi connectivity index (χ4v) is 2.74. The van der Waals surface area contributed by atoms with Crippen LogP contribution in [0.25, 0.3) is 11.4 Å². The lowest BCUT2D eigenvalue weighted by molar-refractivity contribution is 0.0563. The summed E-state index contributed by atoms with van der Waals surface area (Å²) in [5, 5.41) is 12.2. The zero-order valence-electron chi connectivity index (χ0n) is 12.8. The van der Waals surface area contributed by atoms with E-state index in [0.29, 0.717) is 35.5 Å². The number of halogens is 1. The van der Waals surface area contributed by atoms with Crippen molar-refractivity contribution in [2.24, 2.45) is 7.05 Å². The predicted octanol–water partition coefficient (Wildman–Crippen LogP) is 1.76. The summed E-state index contributed by atoms with van der Waals surface area (Å²) < 4.78 is 6.83. The highest BCUT2D eigenvalue weighted by Gasteiger charge is 2.36. The number of nitrogens with zero attached hydrogens (tertiary/aromatic N) is 6. The van der Waals surface area contributed by atoms with Crippen LogP contribution in [-0.4, -0.2) is 49.0 Å². The molecule has 8 nitrogen and oxygen atoms in total. The normalized spacial score (nSPS) is 14.7. The van der Waals surface area contributed by atoms with Gasteiger partial charge in [-0.2, -0.15) is 4.98 Å². The Balaban J connectivity index is 1.43. The van der Waals surface area contributed by atoms with Gasteiger partial charge in [-0.05, 0) is 12.1 Å². The van der Waals surface area contributed by atoms with E-state index in [4.69, 9.17) is 16.1 Å². The molecule has 0 N–H and O–H groups in total. The van der Waals surface area contributed by atoms with Crippen LogP contribution < -0.4 is 0 Å². The molecule has 0 bridgehead atoms. The Morgan fingerprint density at radius 3 is 2.92 bits per heavy atom. The molecule has 1 fully saturated rings. The Morgan fingerprint density at radius 1 is 1.38 bits per heavy atom. The Morgan fingerprint density at radius 2 is 2.21 bits per heavy atom. The maximum atomic E-state index is 12.2. The van der Waals surface area contributed by atoms with E-state index in [9.17, 15) is 4.79 Å². The largest absolute Gasteiger partial charge is 0.339 e. The molecule has 0 aliphatic carbocycles. The van der Waals surface area contributed by atoms with Gasteiger partial charge in [0, 0.05) is 30.7 Å². The molecule has 0 spiro atoms. The molecule has 2 aromatic heterocycles. The first-order valence-corrected chi connectivity index (χ1v) is 7.73. The van der Waals surface area contributed by atoms with Crippen LogP contribution in [0.1, 0.15) is 22.3 Å². The summed E-state index contributed by atoms with van der Waals surface area (Å²) in [6.45, 7) is 1.04. The molecule has 3 aromatic rings. The van der Waals surface area contributed by atoms with Gasteiger partial charge in [-0.15, -0.1) is 5.10 Å². The second-order valence-electron chi connectivity index (χ2n) is 5.65. The molecule has 1 amide bonds. The molecule has 3 heterocycles. The van der Waals surface area contributed by atoms with E-state index in [-0.39, 0.29) is 11.8 Å². The molecule has 24 heavy (non-hydrogen) atoms. The van der Waals surface area contributed by atoms with Crippen molar-refractivity contribution in [3.8, 4) is 11.4 Å². The van der Waals surface area contributed by atoms with Crippen molar-refractivity contribution in [1.82, 2.24) is 30.0 Å². The minimum absolute atomic E-state index is 0.0334. The van der Waals surface area contributed by atoms with E-state index >= 15 is 0 Å². The van der Waals surface area contributed by atoms with E-state index in [1.165, 1.54) is 4.68 Å². The third-order valence-electron chi connectivity index (χ3n) is 3.86. The quantitative estimate of drug-likeness (QED) is 0.719. The second-order valence-corrected chi connectivity index (χ2v) is 6.09. The summed E-state index contributed by atoms with van der Waals surface area (Å²) in [5.74, 6) is 0.902. The van der Waals surface area contributed by atoms with E-state index in [2.05, 4.69) is 20.5 Å². The number of benzene rings is 1. The fourth-order valence-electron chi connectivity index (χ4n) is 2.55. The highest BCUT2D eigenvalue weighted by atomic mass is 35.5. The minimum atomic E-state index is -0.145. The van der Waals surface area contributed by atoms with Crippen LogP contribution in [0.5, 0.6) is 0 Å². The van der Waals surface area contributed by atoms with Gasteiger partial charge in [0.05, 0.1) is 12.1 Å². The van der Waals surface area contributed by atoms with Gasteiger partial charge in [0.1, 0.15) is 0 Å². The number of carbonyl (C=O) groups excluding carboxylic acids is 1. The SMILES string of the molecule is Cn1cc(C(=O)N2CC(c3nc(-c4cccc(Cl)c4)no3)C2)nn1. The lowest BCUT2D eigenvalue weighted by Gasteiger charge is -2.36. The van der Waals surface area contributed by atoms with Gasteiger partial charge in [0.25, 0.3) is 5.91 Å². The van der Waals surface area contributed by atoms with Crippen LogP contribution in [0.2, 0.25) is 5.02 Å². The van der Waals surface area contributed by atoms with Crippen LogP contribution in [0.3, 0.4) is 0 Å². The number of rotatable bonds is 3. The lowest BCUT2D eigenvalue weighted by Crippen LogP contribution is -2.48. The molecular formula is C15H13ClN6O2. The number of aryl methyl sites for hydroxylation is 1. The van der Waals surface area contributed by atoms with E-state index in [1.807, 2.05) is 12.1 Å². The maximum Gasteiger partial charge on any atom is 0.276 e. The molecule has 1 aromatic carbocycles. The van der Waals surface area contributed by atoms with Crippen LogP contribution in [0.15, 0.2) is 35.0 Å². The highest BCUT2D eigenvalue weighted by molar-refractivity contribution is 6.30. The van der Waals surface area contributed by atoms with E-state index in [1.54, 1.807) is 30.3 Å². The monoisotopic (exact) mass is 344 g/mol. The van der Waals surface area contributed by atoms with Gasteiger partial charge in [0.15, 0.2) is 5.69 Å². The van der Waals surface area contributed by atoms with Crippen molar-refractivity contribution in [3.63, 3.8) is 0 Å². The number of hydrogen-bond acceptors (Lipinski definition) is 6. The Hall–Kier alpha value is -2.74. The average molecular weight is 345 g/mol. The molecule has 1 aliphatic heterocycles. The fraction of sp³-hybridized carbons (Fsp3) is 0.267. The van der Waals surface area contributed by atoms with Gasteiger partial charge in [0.2, 0.25) is 11.7 Å². The zero-order chi connectivity index (χ0) is 16.7. The minimum Gasteiger partial charge on any atom is -0.339 e. The highest BCUT2D eigenvalue weighted by Crippen LogP contribution is 2.29. The number of aromatic nitrogens is 5.